The minimum Gasteiger partial charge on any atom is -0.377 e. The second-order valence-corrected chi connectivity index (χ2v) is 5.66. The van der Waals surface area contributed by atoms with E-state index in [1.165, 1.54) is 48.6 Å². The second-order valence-electron chi connectivity index (χ2n) is 5.66. The Hall–Kier alpha value is -1.32. The first kappa shape index (κ1) is 13.7. The van der Waals surface area contributed by atoms with Crippen molar-refractivity contribution >= 4 is 10.9 Å². The molecule has 0 radical (unpaired) electrons. The van der Waals surface area contributed by atoms with Crippen LogP contribution < -0.4 is 5.32 Å². The maximum absolute atomic E-state index is 5.92. The molecular weight excluding hydrogens is 248 g/mol. The molecule has 2 N–H and O–H groups in total. The lowest BCUT2D eigenvalue weighted by atomic mass is 9.98. The summed E-state index contributed by atoms with van der Waals surface area (Å²) in [6, 6.07) is 8.55. The van der Waals surface area contributed by atoms with E-state index in [0.717, 1.165) is 19.7 Å². The van der Waals surface area contributed by atoms with Crippen molar-refractivity contribution in [1.29, 1.82) is 0 Å². The first-order valence-electron chi connectivity index (χ1n) is 7.81. The van der Waals surface area contributed by atoms with Crippen LogP contribution in [0.25, 0.3) is 10.9 Å². The van der Waals surface area contributed by atoms with E-state index >= 15 is 0 Å². The van der Waals surface area contributed by atoms with Crippen LogP contribution in [-0.4, -0.2) is 24.2 Å². The third-order valence-electron chi connectivity index (χ3n) is 4.19. The average Bonchev–Trinajstić information content (AvgIpc) is 2.97. The first-order valence-corrected chi connectivity index (χ1v) is 7.81. The van der Waals surface area contributed by atoms with E-state index in [4.69, 9.17) is 4.74 Å². The highest BCUT2D eigenvalue weighted by molar-refractivity contribution is 5.82. The van der Waals surface area contributed by atoms with Gasteiger partial charge in [-0.2, -0.15) is 0 Å². The molecule has 1 aromatic carbocycles. The van der Waals surface area contributed by atoms with Crippen molar-refractivity contribution in [2.45, 2.75) is 44.8 Å². The molecule has 20 heavy (non-hydrogen) atoms. The predicted octanol–water partition coefficient (Wildman–Crippen LogP) is 3.61. The summed E-state index contributed by atoms with van der Waals surface area (Å²) in [6.45, 7) is 2.66. The number of benzene rings is 1. The summed E-state index contributed by atoms with van der Waals surface area (Å²) in [5.74, 6) is 0. The molecule has 0 saturated heterocycles. The summed E-state index contributed by atoms with van der Waals surface area (Å²) in [5.41, 5.74) is 2.56. The Morgan fingerprint density at radius 2 is 2.05 bits per heavy atom. The number of H-pyrrole nitrogens is 1. The highest BCUT2D eigenvalue weighted by Crippen LogP contribution is 2.20. The number of hydrogen-bond acceptors (Lipinski definition) is 2. The largest absolute Gasteiger partial charge is 0.377 e. The van der Waals surface area contributed by atoms with Crippen molar-refractivity contribution in [3.05, 3.63) is 36.0 Å². The molecule has 0 spiro atoms. The van der Waals surface area contributed by atoms with E-state index in [1.807, 2.05) is 6.20 Å². The van der Waals surface area contributed by atoms with Crippen molar-refractivity contribution in [2.24, 2.45) is 0 Å². The molecule has 3 nitrogen and oxygen atoms in total. The molecule has 0 atom stereocenters. The van der Waals surface area contributed by atoms with E-state index in [1.54, 1.807) is 0 Å². The molecule has 0 unspecified atom stereocenters. The maximum Gasteiger partial charge on any atom is 0.0594 e. The maximum atomic E-state index is 5.92. The van der Waals surface area contributed by atoms with Crippen molar-refractivity contribution in [3.8, 4) is 0 Å². The van der Waals surface area contributed by atoms with Crippen molar-refractivity contribution in [1.82, 2.24) is 10.3 Å². The molecule has 1 heterocycles. The van der Waals surface area contributed by atoms with E-state index in [2.05, 4.69) is 34.6 Å². The summed E-state index contributed by atoms with van der Waals surface area (Å²) in [7, 11) is 0. The first-order chi connectivity index (χ1) is 9.93. The van der Waals surface area contributed by atoms with Crippen LogP contribution in [0.1, 0.15) is 37.7 Å². The molecule has 0 aliphatic heterocycles. The number of nitrogens with one attached hydrogen (secondary N) is 2. The average molecular weight is 272 g/mol. The van der Waals surface area contributed by atoms with Gasteiger partial charge in [0.25, 0.3) is 0 Å². The van der Waals surface area contributed by atoms with Crippen molar-refractivity contribution < 1.29 is 4.74 Å². The summed E-state index contributed by atoms with van der Waals surface area (Å²) in [6.07, 6.45) is 9.09. The Labute approximate surface area is 120 Å². The molecular formula is C17H24N2O. The summed E-state index contributed by atoms with van der Waals surface area (Å²) in [5, 5.41) is 4.80. The number of hydrogen-bond donors (Lipinski definition) is 2. The van der Waals surface area contributed by atoms with Crippen LogP contribution in [0.5, 0.6) is 0 Å². The SMILES string of the molecule is c1cc(CNCCOC2CCCCC2)c2cc[nH]c2c1. The Kier molecular flexibility index (Phi) is 4.72. The lowest BCUT2D eigenvalue weighted by Gasteiger charge is -2.22. The highest BCUT2D eigenvalue weighted by Gasteiger charge is 2.12. The Balaban J connectivity index is 1.40. The Morgan fingerprint density at radius 3 is 2.95 bits per heavy atom. The van der Waals surface area contributed by atoms with Gasteiger partial charge in [-0.25, -0.2) is 0 Å². The van der Waals surface area contributed by atoms with E-state index in [9.17, 15) is 0 Å². The van der Waals surface area contributed by atoms with Crippen molar-refractivity contribution in [3.63, 3.8) is 0 Å². The molecule has 3 heteroatoms. The number of fused-ring (bicyclic) bond motifs is 1. The smallest absolute Gasteiger partial charge is 0.0594 e. The normalized spacial score (nSPS) is 16.8. The van der Waals surface area contributed by atoms with Gasteiger partial charge in [0.05, 0.1) is 12.7 Å². The van der Waals surface area contributed by atoms with Gasteiger partial charge >= 0.3 is 0 Å². The lowest BCUT2D eigenvalue weighted by molar-refractivity contribution is 0.0302. The van der Waals surface area contributed by atoms with E-state index < -0.39 is 0 Å². The molecule has 1 fully saturated rings. The lowest BCUT2D eigenvalue weighted by Crippen LogP contribution is -2.24. The molecule has 0 amide bonds. The number of aromatic nitrogens is 1. The van der Waals surface area contributed by atoms with Crippen LogP contribution in [0.15, 0.2) is 30.5 Å². The Bertz CT molecular complexity index is 529. The van der Waals surface area contributed by atoms with Gasteiger partial charge in [0.1, 0.15) is 0 Å². The molecule has 108 valence electrons. The second kappa shape index (κ2) is 6.91. The van der Waals surface area contributed by atoms with Gasteiger partial charge in [0.15, 0.2) is 0 Å². The van der Waals surface area contributed by atoms with Crippen LogP contribution in [0.4, 0.5) is 0 Å². The highest BCUT2D eigenvalue weighted by atomic mass is 16.5. The monoisotopic (exact) mass is 272 g/mol. The zero-order chi connectivity index (χ0) is 13.6. The van der Waals surface area contributed by atoms with Gasteiger partial charge in [0.2, 0.25) is 0 Å². The zero-order valence-corrected chi connectivity index (χ0v) is 12.0. The Morgan fingerprint density at radius 1 is 1.15 bits per heavy atom. The molecule has 0 bridgehead atoms. The van der Waals surface area contributed by atoms with Crippen LogP contribution in [0.2, 0.25) is 0 Å². The van der Waals surface area contributed by atoms with Gasteiger partial charge in [0, 0.05) is 30.2 Å². The quantitative estimate of drug-likeness (QED) is 0.788. The van der Waals surface area contributed by atoms with Crippen LogP contribution in [-0.2, 0) is 11.3 Å². The molecule has 3 rings (SSSR count). The third-order valence-corrected chi connectivity index (χ3v) is 4.19. The molecule has 1 aromatic heterocycles. The van der Waals surface area contributed by atoms with Crippen LogP contribution >= 0.6 is 0 Å². The van der Waals surface area contributed by atoms with Crippen LogP contribution in [0, 0.1) is 0 Å². The van der Waals surface area contributed by atoms with Crippen LogP contribution in [0.3, 0.4) is 0 Å². The summed E-state index contributed by atoms with van der Waals surface area (Å²) >= 11 is 0. The molecule has 1 aliphatic carbocycles. The fourth-order valence-corrected chi connectivity index (χ4v) is 3.06. The van der Waals surface area contributed by atoms with Crippen molar-refractivity contribution in [2.75, 3.05) is 13.2 Å². The van der Waals surface area contributed by atoms with Gasteiger partial charge < -0.3 is 15.0 Å². The topological polar surface area (TPSA) is 37.0 Å². The predicted molar refractivity (Wildman–Crippen MR) is 82.8 cm³/mol. The van der Waals surface area contributed by atoms with Gasteiger partial charge in [-0.1, -0.05) is 31.4 Å². The van der Waals surface area contributed by atoms with Gasteiger partial charge in [-0.15, -0.1) is 0 Å². The standard InChI is InChI=1S/C17H24N2O/c1-2-6-15(7-3-1)20-12-11-18-13-14-5-4-8-17-16(14)9-10-19-17/h4-5,8-10,15,18-19H,1-3,6-7,11-13H2. The number of aromatic amines is 1. The molecule has 2 aromatic rings. The van der Waals surface area contributed by atoms with Gasteiger partial charge in [-0.05, 0) is 30.5 Å². The minimum atomic E-state index is 0.513. The molecule has 1 aliphatic rings. The minimum absolute atomic E-state index is 0.513. The molecule has 1 saturated carbocycles. The fourth-order valence-electron chi connectivity index (χ4n) is 3.06. The zero-order valence-electron chi connectivity index (χ0n) is 12.0. The number of rotatable bonds is 6. The summed E-state index contributed by atoms with van der Waals surface area (Å²) in [4.78, 5) is 3.25. The number of ether oxygens (including phenoxy) is 1. The van der Waals surface area contributed by atoms with E-state index in [-0.39, 0.29) is 0 Å². The fraction of sp³-hybridized carbons (Fsp3) is 0.529. The van der Waals surface area contributed by atoms with Gasteiger partial charge in [-0.3, -0.25) is 0 Å². The summed E-state index contributed by atoms with van der Waals surface area (Å²) < 4.78 is 5.92. The third kappa shape index (κ3) is 3.41. The van der Waals surface area contributed by atoms with E-state index in [0.29, 0.717) is 6.10 Å².